The van der Waals surface area contributed by atoms with E-state index in [1.165, 1.54) is 0 Å². The predicted molar refractivity (Wildman–Crippen MR) is 66.6 cm³/mol. The Morgan fingerprint density at radius 3 is 2.62 bits per heavy atom. The van der Waals surface area contributed by atoms with Crippen molar-refractivity contribution in [2.45, 2.75) is 19.4 Å². The van der Waals surface area contributed by atoms with Crippen molar-refractivity contribution in [1.82, 2.24) is 0 Å². The van der Waals surface area contributed by atoms with Crippen molar-refractivity contribution in [3.63, 3.8) is 0 Å². The Hall–Kier alpha value is -0.930. The summed E-state index contributed by atoms with van der Waals surface area (Å²) in [6.07, 6.45) is 0.495. The van der Waals surface area contributed by atoms with Crippen LogP contribution in [0.3, 0.4) is 0 Å². The fourth-order valence-corrected chi connectivity index (χ4v) is 1.98. The number of rotatable bonds is 4. The Balaban J connectivity index is 3.08. The van der Waals surface area contributed by atoms with Crippen LogP contribution < -0.4 is 4.90 Å². The summed E-state index contributed by atoms with van der Waals surface area (Å²) in [6.45, 7) is 1.81. The first-order chi connectivity index (χ1) is 7.49. The van der Waals surface area contributed by atoms with Gasteiger partial charge in [-0.1, -0.05) is 36.2 Å². The molecule has 1 atom stereocenters. The average Bonchev–Trinajstić information content (AvgIpc) is 2.22. The number of carboxylic acid groups (broad SMARTS) is 1. The molecule has 0 bridgehead atoms. The number of carbonyl (C=O) groups is 1. The van der Waals surface area contributed by atoms with Crippen LogP contribution in [0.15, 0.2) is 18.2 Å². The smallest absolute Gasteiger partial charge is 0.326 e. The molecular formula is C11H13Cl2NO2. The highest BCUT2D eigenvalue weighted by molar-refractivity contribution is 6.43. The summed E-state index contributed by atoms with van der Waals surface area (Å²) in [5, 5.41) is 9.85. The molecule has 0 aliphatic carbocycles. The van der Waals surface area contributed by atoms with Crippen molar-refractivity contribution in [3.8, 4) is 0 Å². The lowest BCUT2D eigenvalue weighted by atomic mass is 10.2. The highest BCUT2D eigenvalue weighted by Crippen LogP contribution is 2.32. The number of carboxylic acids is 1. The summed E-state index contributed by atoms with van der Waals surface area (Å²) in [5.41, 5.74) is 0.628. The molecule has 1 N–H and O–H groups in total. The fourth-order valence-electron chi connectivity index (χ4n) is 1.55. The SMILES string of the molecule is CC[C@H](C(=O)O)N(C)c1cccc(Cl)c1Cl. The van der Waals surface area contributed by atoms with Gasteiger partial charge < -0.3 is 10.0 Å². The lowest BCUT2D eigenvalue weighted by molar-refractivity contribution is -0.138. The molecular weight excluding hydrogens is 249 g/mol. The van der Waals surface area contributed by atoms with Gasteiger partial charge >= 0.3 is 5.97 Å². The summed E-state index contributed by atoms with van der Waals surface area (Å²) in [5.74, 6) is -0.874. The number of hydrogen-bond acceptors (Lipinski definition) is 2. The number of benzene rings is 1. The van der Waals surface area contributed by atoms with Gasteiger partial charge in [-0.15, -0.1) is 0 Å². The fraction of sp³-hybridized carbons (Fsp3) is 0.364. The molecule has 5 heteroatoms. The number of anilines is 1. The van der Waals surface area contributed by atoms with Crippen LogP contribution in [0.1, 0.15) is 13.3 Å². The van der Waals surface area contributed by atoms with E-state index in [1.807, 2.05) is 6.92 Å². The molecule has 0 radical (unpaired) electrons. The molecule has 0 saturated carbocycles. The molecule has 0 aromatic heterocycles. The minimum Gasteiger partial charge on any atom is -0.480 e. The third kappa shape index (κ3) is 2.60. The zero-order valence-corrected chi connectivity index (χ0v) is 10.6. The molecule has 0 heterocycles. The summed E-state index contributed by atoms with van der Waals surface area (Å²) in [4.78, 5) is 12.6. The maximum atomic E-state index is 11.0. The normalized spacial score (nSPS) is 12.2. The Bertz CT molecular complexity index is 396. The van der Waals surface area contributed by atoms with Crippen LogP contribution in [0, 0.1) is 0 Å². The molecule has 0 saturated heterocycles. The molecule has 0 aliphatic heterocycles. The second kappa shape index (κ2) is 5.41. The highest BCUT2D eigenvalue weighted by Gasteiger charge is 2.22. The van der Waals surface area contributed by atoms with Gasteiger partial charge in [0.1, 0.15) is 6.04 Å². The number of halogens is 2. The molecule has 1 rings (SSSR count). The lowest BCUT2D eigenvalue weighted by Gasteiger charge is -2.26. The summed E-state index contributed by atoms with van der Waals surface area (Å²) in [6, 6.07) is 4.56. The maximum Gasteiger partial charge on any atom is 0.326 e. The number of nitrogens with zero attached hydrogens (tertiary/aromatic N) is 1. The highest BCUT2D eigenvalue weighted by atomic mass is 35.5. The number of likely N-dealkylation sites (N-methyl/N-ethyl adjacent to an activating group) is 1. The standard InChI is InChI=1S/C11H13Cl2NO2/c1-3-8(11(15)16)14(2)9-6-4-5-7(12)10(9)13/h4-6,8H,3H2,1-2H3,(H,15,16)/t8-/m1/s1. The molecule has 1 aromatic carbocycles. The molecule has 3 nitrogen and oxygen atoms in total. The third-order valence-electron chi connectivity index (χ3n) is 2.45. The Kier molecular flexibility index (Phi) is 4.44. The molecule has 1 aromatic rings. The zero-order chi connectivity index (χ0) is 12.3. The molecule has 0 amide bonds. The van der Waals surface area contributed by atoms with Crippen LogP contribution in [-0.2, 0) is 4.79 Å². The summed E-state index contributed by atoms with van der Waals surface area (Å²) >= 11 is 11.9. The van der Waals surface area contributed by atoms with Crippen LogP contribution in [0.5, 0.6) is 0 Å². The van der Waals surface area contributed by atoms with E-state index in [2.05, 4.69) is 0 Å². The van der Waals surface area contributed by atoms with E-state index in [4.69, 9.17) is 28.3 Å². The minimum absolute atomic E-state index is 0.381. The number of aliphatic carboxylic acids is 1. The van der Waals surface area contributed by atoms with Crippen molar-refractivity contribution < 1.29 is 9.90 Å². The predicted octanol–water partition coefficient (Wildman–Crippen LogP) is 3.29. The first kappa shape index (κ1) is 13.1. The zero-order valence-electron chi connectivity index (χ0n) is 9.08. The lowest BCUT2D eigenvalue weighted by Crippen LogP contribution is -2.38. The van der Waals surface area contributed by atoms with Crippen LogP contribution in [-0.4, -0.2) is 24.2 Å². The van der Waals surface area contributed by atoms with E-state index < -0.39 is 12.0 Å². The van der Waals surface area contributed by atoms with Gasteiger partial charge in [0.15, 0.2) is 0 Å². The van der Waals surface area contributed by atoms with Crippen molar-refractivity contribution in [1.29, 1.82) is 0 Å². The number of hydrogen-bond donors (Lipinski definition) is 1. The first-order valence-corrected chi connectivity index (χ1v) is 5.64. The van der Waals surface area contributed by atoms with Gasteiger partial charge in [0.05, 0.1) is 15.7 Å². The molecule has 0 fully saturated rings. The van der Waals surface area contributed by atoms with Crippen molar-refractivity contribution in [3.05, 3.63) is 28.2 Å². The molecule has 0 aliphatic rings. The van der Waals surface area contributed by atoms with Gasteiger partial charge in [-0.2, -0.15) is 0 Å². The van der Waals surface area contributed by atoms with Crippen LogP contribution >= 0.6 is 23.2 Å². The van der Waals surface area contributed by atoms with Crippen LogP contribution in [0.25, 0.3) is 0 Å². The molecule has 88 valence electrons. The van der Waals surface area contributed by atoms with Gasteiger partial charge in [0.25, 0.3) is 0 Å². The maximum absolute atomic E-state index is 11.0. The second-order valence-electron chi connectivity index (χ2n) is 3.45. The third-order valence-corrected chi connectivity index (χ3v) is 3.26. The van der Waals surface area contributed by atoms with E-state index in [0.717, 1.165) is 0 Å². The van der Waals surface area contributed by atoms with E-state index in [0.29, 0.717) is 22.2 Å². The van der Waals surface area contributed by atoms with Crippen molar-refractivity contribution in [2.24, 2.45) is 0 Å². The molecule has 16 heavy (non-hydrogen) atoms. The van der Waals surface area contributed by atoms with E-state index >= 15 is 0 Å². The van der Waals surface area contributed by atoms with Gasteiger partial charge in [0, 0.05) is 7.05 Å². The van der Waals surface area contributed by atoms with Crippen LogP contribution in [0.2, 0.25) is 10.0 Å². The monoisotopic (exact) mass is 261 g/mol. The Morgan fingerprint density at radius 1 is 1.50 bits per heavy atom. The van der Waals surface area contributed by atoms with Gasteiger partial charge in [-0.25, -0.2) is 4.79 Å². The van der Waals surface area contributed by atoms with E-state index in [9.17, 15) is 4.79 Å². The molecule has 0 spiro atoms. The average molecular weight is 262 g/mol. The topological polar surface area (TPSA) is 40.5 Å². The summed E-state index contributed by atoms with van der Waals surface area (Å²) < 4.78 is 0. The molecule has 0 unspecified atom stereocenters. The largest absolute Gasteiger partial charge is 0.480 e. The Labute approximate surface area is 105 Å². The first-order valence-electron chi connectivity index (χ1n) is 4.88. The van der Waals surface area contributed by atoms with Crippen molar-refractivity contribution >= 4 is 34.9 Å². The van der Waals surface area contributed by atoms with E-state index in [-0.39, 0.29) is 0 Å². The van der Waals surface area contributed by atoms with Gasteiger partial charge in [-0.3, -0.25) is 0 Å². The second-order valence-corrected chi connectivity index (χ2v) is 4.23. The summed E-state index contributed by atoms with van der Waals surface area (Å²) in [7, 11) is 1.69. The van der Waals surface area contributed by atoms with Gasteiger partial charge in [0.2, 0.25) is 0 Å². The van der Waals surface area contributed by atoms with Crippen molar-refractivity contribution in [2.75, 3.05) is 11.9 Å². The van der Waals surface area contributed by atoms with Gasteiger partial charge in [-0.05, 0) is 18.6 Å². The Morgan fingerprint density at radius 2 is 2.12 bits per heavy atom. The van der Waals surface area contributed by atoms with Crippen LogP contribution in [0.4, 0.5) is 5.69 Å². The van der Waals surface area contributed by atoms with E-state index in [1.54, 1.807) is 30.1 Å². The quantitative estimate of drug-likeness (QED) is 0.905. The minimum atomic E-state index is -0.874.